The highest BCUT2D eigenvalue weighted by molar-refractivity contribution is 5.66. The topological polar surface area (TPSA) is 63.6 Å². The normalized spacial score (nSPS) is 11.5. The molecule has 0 atom stereocenters. The van der Waals surface area contributed by atoms with Crippen molar-refractivity contribution < 1.29 is 19.4 Å². The third-order valence-electron chi connectivity index (χ3n) is 4.57. The number of allylic oxidation sites excluding steroid dienone is 8. The second kappa shape index (κ2) is 28.9. The second-order valence-electron chi connectivity index (χ2n) is 7.77. The zero-order valence-electron chi connectivity index (χ0n) is 20.9. The fourth-order valence-corrected chi connectivity index (χ4v) is 2.78. The molecule has 0 unspecified atom stereocenters. The largest absolute Gasteiger partial charge is 0.481 e. The van der Waals surface area contributed by atoms with E-state index < -0.39 is 5.97 Å². The molecule has 0 spiro atoms. The first kappa shape index (κ1) is 32.1. The summed E-state index contributed by atoms with van der Waals surface area (Å²) in [4.78, 5) is 20.7. The number of unbranched alkanes of at least 4 members (excludes halogenated alkanes) is 9. The first-order valence-electron chi connectivity index (χ1n) is 12.5. The third-order valence-corrected chi connectivity index (χ3v) is 4.57. The first-order valence-corrected chi connectivity index (χ1v) is 12.5. The molecule has 32 heavy (non-hydrogen) atoms. The Morgan fingerprint density at radius 3 is 1.56 bits per heavy atom. The SMILES string of the molecule is CC/C=C/C=C/CCCCCCCC(=O)O.CCC=CC=CCCCCCCOC(C)=O. The Labute approximate surface area is 197 Å². The summed E-state index contributed by atoms with van der Waals surface area (Å²) in [7, 11) is 0. The predicted molar refractivity (Wildman–Crippen MR) is 137 cm³/mol. The number of rotatable bonds is 19. The van der Waals surface area contributed by atoms with E-state index in [0.29, 0.717) is 13.0 Å². The van der Waals surface area contributed by atoms with Gasteiger partial charge < -0.3 is 9.84 Å². The minimum Gasteiger partial charge on any atom is -0.481 e. The van der Waals surface area contributed by atoms with E-state index in [0.717, 1.165) is 57.8 Å². The summed E-state index contributed by atoms with van der Waals surface area (Å²) < 4.78 is 4.85. The van der Waals surface area contributed by atoms with Crippen LogP contribution in [0.1, 0.15) is 111 Å². The summed E-state index contributed by atoms with van der Waals surface area (Å²) in [5.41, 5.74) is 0. The van der Waals surface area contributed by atoms with Gasteiger partial charge in [-0.1, -0.05) is 94.6 Å². The van der Waals surface area contributed by atoms with Gasteiger partial charge in [0.05, 0.1) is 6.61 Å². The molecule has 0 aliphatic rings. The van der Waals surface area contributed by atoms with Crippen LogP contribution >= 0.6 is 0 Å². The summed E-state index contributed by atoms with van der Waals surface area (Å²) in [5.74, 6) is -0.851. The Kier molecular flexibility index (Phi) is 29.0. The zero-order chi connectivity index (χ0) is 24.1. The number of hydrogen-bond acceptors (Lipinski definition) is 3. The van der Waals surface area contributed by atoms with Crippen molar-refractivity contribution in [2.75, 3.05) is 6.61 Å². The van der Waals surface area contributed by atoms with E-state index in [1.165, 1.54) is 32.6 Å². The van der Waals surface area contributed by atoms with Crippen molar-refractivity contribution in [2.45, 2.75) is 111 Å². The highest BCUT2D eigenvalue weighted by Crippen LogP contribution is 2.07. The molecule has 0 bridgehead atoms. The van der Waals surface area contributed by atoms with Crippen LogP contribution in [0.5, 0.6) is 0 Å². The Balaban J connectivity index is 0. The zero-order valence-corrected chi connectivity index (χ0v) is 20.9. The van der Waals surface area contributed by atoms with Gasteiger partial charge in [-0.3, -0.25) is 9.59 Å². The number of carboxylic acid groups (broad SMARTS) is 1. The molecule has 0 heterocycles. The van der Waals surface area contributed by atoms with Gasteiger partial charge in [-0.2, -0.15) is 0 Å². The van der Waals surface area contributed by atoms with Gasteiger partial charge in [0.15, 0.2) is 0 Å². The lowest BCUT2D eigenvalue weighted by Crippen LogP contribution is -1.99. The summed E-state index contributed by atoms with van der Waals surface area (Å²) >= 11 is 0. The van der Waals surface area contributed by atoms with Crippen LogP contribution in [0.3, 0.4) is 0 Å². The maximum Gasteiger partial charge on any atom is 0.303 e. The summed E-state index contributed by atoms with van der Waals surface area (Å²) in [5, 5.41) is 8.44. The number of ether oxygens (including phenoxy) is 1. The Bertz CT molecular complexity index is 482. The number of esters is 1. The molecule has 0 saturated heterocycles. The third kappa shape index (κ3) is 35.3. The molecule has 0 radical (unpaired) electrons. The molecule has 0 aromatic rings. The van der Waals surface area contributed by atoms with Crippen molar-refractivity contribution in [1.29, 1.82) is 0 Å². The van der Waals surface area contributed by atoms with Gasteiger partial charge in [-0.15, -0.1) is 0 Å². The van der Waals surface area contributed by atoms with E-state index in [9.17, 15) is 9.59 Å². The van der Waals surface area contributed by atoms with Crippen LogP contribution in [-0.4, -0.2) is 23.7 Å². The maximum absolute atomic E-state index is 10.5. The van der Waals surface area contributed by atoms with Crippen LogP contribution < -0.4 is 0 Å². The molecular weight excluding hydrogens is 400 g/mol. The minimum absolute atomic E-state index is 0.175. The average molecular weight is 449 g/mol. The molecule has 0 saturated carbocycles. The lowest BCUT2D eigenvalue weighted by atomic mass is 10.1. The van der Waals surface area contributed by atoms with E-state index in [-0.39, 0.29) is 5.97 Å². The van der Waals surface area contributed by atoms with Crippen LogP contribution in [0.2, 0.25) is 0 Å². The van der Waals surface area contributed by atoms with Crippen LogP contribution in [0.4, 0.5) is 0 Å². The molecule has 4 heteroatoms. The number of carbonyl (C=O) groups excluding carboxylic acids is 1. The molecule has 0 aromatic carbocycles. The Morgan fingerprint density at radius 2 is 1.09 bits per heavy atom. The fraction of sp³-hybridized carbons (Fsp3) is 0.643. The van der Waals surface area contributed by atoms with E-state index in [1.54, 1.807) is 0 Å². The lowest BCUT2D eigenvalue weighted by Gasteiger charge is -2.00. The van der Waals surface area contributed by atoms with Crippen molar-refractivity contribution in [3.8, 4) is 0 Å². The van der Waals surface area contributed by atoms with Crippen LogP contribution in [-0.2, 0) is 14.3 Å². The Hall–Kier alpha value is -2.10. The summed E-state index contributed by atoms with van der Waals surface area (Å²) in [6.07, 6.45) is 31.9. The predicted octanol–water partition coefficient (Wildman–Crippen LogP) is 8.35. The number of hydrogen-bond donors (Lipinski definition) is 1. The van der Waals surface area contributed by atoms with Gasteiger partial charge >= 0.3 is 11.9 Å². The molecule has 184 valence electrons. The van der Waals surface area contributed by atoms with E-state index in [1.807, 2.05) is 0 Å². The van der Waals surface area contributed by atoms with Gasteiger partial charge in [-0.25, -0.2) is 0 Å². The molecule has 0 aromatic heterocycles. The molecule has 0 amide bonds. The molecule has 1 N–H and O–H groups in total. The monoisotopic (exact) mass is 448 g/mol. The van der Waals surface area contributed by atoms with Gasteiger partial charge in [0.2, 0.25) is 0 Å². The highest BCUT2D eigenvalue weighted by atomic mass is 16.5. The molecular formula is C28H48O4. The molecule has 4 nitrogen and oxygen atoms in total. The molecule has 0 aliphatic heterocycles. The summed E-state index contributed by atoms with van der Waals surface area (Å²) in [6.45, 7) is 6.29. The minimum atomic E-state index is -0.675. The van der Waals surface area contributed by atoms with Crippen molar-refractivity contribution in [3.05, 3.63) is 48.6 Å². The first-order chi connectivity index (χ1) is 15.5. The number of carboxylic acids is 1. The smallest absolute Gasteiger partial charge is 0.303 e. The van der Waals surface area contributed by atoms with Gasteiger partial charge in [0.1, 0.15) is 0 Å². The van der Waals surface area contributed by atoms with Crippen LogP contribution in [0, 0.1) is 0 Å². The van der Waals surface area contributed by atoms with E-state index >= 15 is 0 Å². The van der Waals surface area contributed by atoms with Crippen molar-refractivity contribution in [1.82, 2.24) is 0 Å². The van der Waals surface area contributed by atoms with Crippen molar-refractivity contribution in [3.63, 3.8) is 0 Å². The van der Waals surface area contributed by atoms with Gasteiger partial charge in [0.25, 0.3) is 0 Å². The number of aliphatic carboxylic acids is 1. The van der Waals surface area contributed by atoms with Crippen LogP contribution in [0.15, 0.2) is 48.6 Å². The van der Waals surface area contributed by atoms with E-state index in [2.05, 4.69) is 62.5 Å². The quantitative estimate of drug-likeness (QED) is 0.122. The molecule has 0 aliphatic carbocycles. The molecule has 0 rings (SSSR count). The Morgan fingerprint density at radius 1 is 0.656 bits per heavy atom. The van der Waals surface area contributed by atoms with Crippen molar-refractivity contribution >= 4 is 11.9 Å². The van der Waals surface area contributed by atoms with Gasteiger partial charge in [-0.05, 0) is 51.4 Å². The average Bonchev–Trinajstić information content (AvgIpc) is 2.76. The standard InChI is InChI=1S/2C14H24O2/c1-3-4-5-6-7-8-9-10-11-12-13-16-14(2)15;1-2-3-4-5-6-7-8-9-10-11-12-13-14(15)16/h4-7H,3,8-13H2,1-2H3;3-6H,2,7-13H2,1H3,(H,15,16)/b;4-3+,6-5+. The fourth-order valence-electron chi connectivity index (χ4n) is 2.78. The summed E-state index contributed by atoms with van der Waals surface area (Å²) in [6, 6.07) is 0. The highest BCUT2D eigenvalue weighted by Gasteiger charge is 1.95. The van der Waals surface area contributed by atoms with Crippen LogP contribution in [0.25, 0.3) is 0 Å². The van der Waals surface area contributed by atoms with Crippen molar-refractivity contribution in [2.24, 2.45) is 0 Å². The molecule has 0 fully saturated rings. The second-order valence-corrected chi connectivity index (χ2v) is 7.77. The maximum atomic E-state index is 10.5. The lowest BCUT2D eigenvalue weighted by molar-refractivity contribution is -0.141. The van der Waals surface area contributed by atoms with Gasteiger partial charge in [0, 0.05) is 13.3 Å². The number of carbonyl (C=O) groups is 2. The van der Waals surface area contributed by atoms with E-state index in [4.69, 9.17) is 9.84 Å².